The van der Waals surface area contributed by atoms with Crippen LogP contribution >= 0.6 is 0 Å². The van der Waals surface area contributed by atoms with Gasteiger partial charge in [0, 0.05) is 13.1 Å². The summed E-state index contributed by atoms with van der Waals surface area (Å²) < 4.78 is 11.8. The molecule has 0 unspecified atom stereocenters. The molecule has 4 heteroatoms. The van der Waals surface area contributed by atoms with E-state index in [1.54, 1.807) is 0 Å². The van der Waals surface area contributed by atoms with Gasteiger partial charge in [-0.25, -0.2) is 0 Å². The van der Waals surface area contributed by atoms with Crippen LogP contribution in [0, 0.1) is 0 Å². The van der Waals surface area contributed by atoms with Crippen LogP contribution in [0.4, 0.5) is 0 Å². The van der Waals surface area contributed by atoms with Gasteiger partial charge in [0.1, 0.15) is 11.5 Å². The van der Waals surface area contributed by atoms with Crippen LogP contribution in [0.15, 0.2) is 54.1 Å². The van der Waals surface area contributed by atoms with E-state index in [0.717, 1.165) is 63.5 Å². The Hall–Kier alpha value is -2.30. The Morgan fingerprint density at radius 1 is 0.625 bits per heavy atom. The highest BCUT2D eigenvalue weighted by atomic mass is 16.5. The minimum absolute atomic E-state index is 0.741. The predicted molar refractivity (Wildman–Crippen MR) is 137 cm³/mol. The molecule has 0 atom stereocenters. The molecule has 0 saturated heterocycles. The van der Waals surface area contributed by atoms with Gasteiger partial charge in [0.15, 0.2) is 0 Å². The Kier molecular flexibility index (Phi) is 11.3. The molecule has 0 saturated carbocycles. The molecule has 0 aliphatic heterocycles. The number of nitrogens with zero attached hydrogens (tertiary/aromatic N) is 2. The lowest BCUT2D eigenvalue weighted by Gasteiger charge is -2.16. The van der Waals surface area contributed by atoms with Crippen LogP contribution in [0.5, 0.6) is 11.5 Å². The summed E-state index contributed by atoms with van der Waals surface area (Å²) in [5.74, 6) is 1.87. The van der Waals surface area contributed by atoms with Gasteiger partial charge >= 0.3 is 0 Å². The van der Waals surface area contributed by atoms with Crippen molar-refractivity contribution in [1.29, 1.82) is 0 Å². The molecule has 32 heavy (non-hydrogen) atoms. The molecular weight excluding hydrogens is 396 g/mol. The summed E-state index contributed by atoms with van der Waals surface area (Å²) in [5.41, 5.74) is 5.27. The van der Waals surface area contributed by atoms with Gasteiger partial charge in [-0.3, -0.25) is 0 Å². The minimum atomic E-state index is 0.741. The Morgan fingerprint density at radius 3 is 1.31 bits per heavy atom. The van der Waals surface area contributed by atoms with E-state index in [2.05, 4.69) is 100 Å². The van der Waals surface area contributed by atoms with Crippen molar-refractivity contribution in [2.24, 2.45) is 0 Å². The Balaban J connectivity index is 2.11. The molecule has 4 nitrogen and oxygen atoms in total. The summed E-state index contributed by atoms with van der Waals surface area (Å²) in [6.45, 7) is 8.04. The fraction of sp³-hybridized carbons (Fsp3) is 0.500. The van der Waals surface area contributed by atoms with Gasteiger partial charge in [0.05, 0.1) is 13.2 Å². The van der Waals surface area contributed by atoms with E-state index in [4.69, 9.17) is 9.47 Å². The van der Waals surface area contributed by atoms with Crippen molar-refractivity contribution in [3.8, 4) is 11.5 Å². The molecular formula is C28H42N2O2. The topological polar surface area (TPSA) is 24.9 Å². The number of benzene rings is 2. The van der Waals surface area contributed by atoms with Crippen LogP contribution in [0.25, 0.3) is 5.57 Å². The Bertz CT molecular complexity index is 741. The normalized spacial score (nSPS) is 11.1. The molecule has 0 fully saturated rings. The number of rotatable bonds is 14. The average Bonchev–Trinajstić information content (AvgIpc) is 2.79. The number of hydrogen-bond acceptors (Lipinski definition) is 4. The molecule has 2 aromatic rings. The second kappa shape index (κ2) is 14.0. The van der Waals surface area contributed by atoms with Gasteiger partial charge in [-0.2, -0.15) is 0 Å². The van der Waals surface area contributed by atoms with E-state index in [9.17, 15) is 0 Å². The molecule has 0 aliphatic carbocycles. The van der Waals surface area contributed by atoms with Gasteiger partial charge in [-0.15, -0.1) is 0 Å². The SMILES string of the molecule is CCC(CC)=C(c1ccc(OCCCN(C)C)cc1)c1ccc(OCCCN(C)C)cc1. The second-order valence-electron chi connectivity index (χ2n) is 8.74. The summed E-state index contributed by atoms with van der Waals surface area (Å²) in [4.78, 5) is 4.36. The first-order chi connectivity index (χ1) is 15.4. The zero-order valence-electron chi connectivity index (χ0n) is 21.0. The highest BCUT2D eigenvalue weighted by molar-refractivity contribution is 5.82. The van der Waals surface area contributed by atoms with Crippen molar-refractivity contribution < 1.29 is 9.47 Å². The predicted octanol–water partition coefficient (Wildman–Crippen LogP) is 5.97. The van der Waals surface area contributed by atoms with Crippen molar-refractivity contribution in [3.63, 3.8) is 0 Å². The standard InChI is InChI=1S/C28H42N2O2/c1-7-23(8-2)28(24-11-15-26(16-12-24)31-21-9-19-29(3)4)25-13-17-27(18-14-25)32-22-10-20-30(5)6/h11-18H,7-10,19-22H2,1-6H3. The van der Waals surface area contributed by atoms with Crippen LogP contribution in [-0.4, -0.2) is 64.3 Å². The average molecular weight is 439 g/mol. The zero-order chi connectivity index (χ0) is 23.3. The summed E-state index contributed by atoms with van der Waals surface area (Å²) in [6.07, 6.45) is 4.13. The number of hydrogen-bond donors (Lipinski definition) is 0. The maximum Gasteiger partial charge on any atom is 0.119 e. The van der Waals surface area contributed by atoms with Crippen LogP contribution in [-0.2, 0) is 0 Å². The van der Waals surface area contributed by atoms with Crippen LogP contribution in [0.2, 0.25) is 0 Å². The third-order valence-electron chi connectivity index (χ3n) is 5.53. The molecule has 2 aromatic carbocycles. The first-order valence-electron chi connectivity index (χ1n) is 11.9. The minimum Gasteiger partial charge on any atom is -0.494 e. The van der Waals surface area contributed by atoms with E-state index in [0.29, 0.717) is 0 Å². The van der Waals surface area contributed by atoms with E-state index in [1.165, 1.54) is 22.3 Å². The summed E-state index contributed by atoms with van der Waals surface area (Å²) in [6, 6.07) is 17.1. The van der Waals surface area contributed by atoms with Gasteiger partial charge in [0.2, 0.25) is 0 Å². The molecule has 0 aliphatic rings. The van der Waals surface area contributed by atoms with Crippen LogP contribution < -0.4 is 9.47 Å². The quantitative estimate of drug-likeness (QED) is 0.339. The van der Waals surface area contributed by atoms with Gasteiger partial charge < -0.3 is 19.3 Å². The van der Waals surface area contributed by atoms with E-state index >= 15 is 0 Å². The van der Waals surface area contributed by atoms with Gasteiger partial charge in [-0.1, -0.05) is 43.7 Å². The van der Waals surface area contributed by atoms with Gasteiger partial charge in [-0.05, 0) is 94.8 Å². The summed E-state index contributed by atoms with van der Waals surface area (Å²) >= 11 is 0. The summed E-state index contributed by atoms with van der Waals surface area (Å²) in [5, 5.41) is 0. The zero-order valence-corrected chi connectivity index (χ0v) is 21.0. The molecule has 0 aromatic heterocycles. The molecule has 0 amide bonds. The van der Waals surface area contributed by atoms with Crippen molar-refractivity contribution in [3.05, 3.63) is 65.2 Å². The fourth-order valence-corrected chi connectivity index (χ4v) is 3.76. The molecule has 2 rings (SSSR count). The third-order valence-corrected chi connectivity index (χ3v) is 5.53. The Labute approximate surface area is 195 Å². The third kappa shape index (κ3) is 8.68. The lowest BCUT2D eigenvalue weighted by atomic mass is 9.90. The molecule has 0 heterocycles. The molecule has 0 spiro atoms. The van der Waals surface area contributed by atoms with E-state index in [1.807, 2.05) is 0 Å². The maximum absolute atomic E-state index is 5.92. The largest absolute Gasteiger partial charge is 0.494 e. The second-order valence-corrected chi connectivity index (χ2v) is 8.74. The highest BCUT2D eigenvalue weighted by Crippen LogP contribution is 2.32. The van der Waals surface area contributed by atoms with Gasteiger partial charge in [0.25, 0.3) is 0 Å². The first-order valence-corrected chi connectivity index (χ1v) is 11.9. The number of allylic oxidation sites excluding steroid dienone is 1. The highest BCUT2D eigenvalue weighted by Gasteiger charge is 2.11. The van der Waals surface area contributed by atoms with E-state index < -0.39 is 0 Å². The summed E-state index contributed by atoms with van der Waals surface area (Å²) in [7, 11) is 8.36. The van der Waals surface area contributed by atoms with Crippen molar-refractivity contribution in [1.82, 2.24) is 9.80 Å². The molecule has 0 N–H and O–H groups in total. The maximum atomic E-state index is 5.92. The van der Waals surface area contributed by atoms with Crippen LogP contribution in [0.1, 0.15) is 50.7 Å². The van der Waals surface area contributed by atoms with Crippen molar-refractivity contribution >= 4 is 5.57 Å². The molecule has 0 radical (unpaired) electrons. The van der Waals surface area contributed by atoms with Crippen molar-refractivity contribution in [2.45, 2.75) is 39.5 Å². The smallest absolute Gasteiger partial charge is 0.119 e. The lowest BCUT2D eigenvalue weighted by Crippen LogP contribution is -2.15. The van der Waals surface area contributed by atoms with E-state index in [-0.39, 0.29) is 0 Å². The number of ether oxygens (including phenoxy) is 2. The molecule has 0 bridgehead atoms. The monoisotopic (exact) mass is 438 g/mol. The Morgan fingerprint density at radius 2 is 1.00 bits per heavy atom. The van der Waals surface area contributed by atoms with Crippen LogP contribution in [0.3, 0.4) is 0 Å². The fourth-order valence-electron chi connectivity index (χ4n) is 3.76. The lowest BCUT2D eigenvalue weighted by molar-refractivity contribution is 0.281. The first kappa shape index (κ1) is 26.0. The molecule has 176 valence electrons. The van der Waals surface area contributed by atoms with Crippen molar-refractivity contribution in [2.75, 3.05) is 54.5 Å².